The third-order valence-corrected chi connectivity index (χ3v) is 8.71. The fraction of sp³-hybridized carbons (Fsp3) is 0.105. The van der Waals surface area contributed by atoms with Crippen LogP contribution in [0.2, 0.25) is 0 Å². The second-order valence-corrected chi connectivity index (χ2v) is 12.1. The summed E-state index contributed by atoms with van der Waals surface area (Å²) >= 11 is 0. The lowest BCUT2D eigenvalue weighted by Gasteiger charge is -2.10. The van der Waals surface area contributed by atoms with Crippen LogP contribution in [0.15, 0.2) is 59.6 Å². The minimum atomic E-state index is -4.79. The molecule has 0 unspecified atom stereocenters. The van der Waals surface area contributed by atoms with Crippen molar-refractivity contribution in [3.63, 3.8) is 0 Å². The summed E-state index contributed by atoms with van der Waals surface area (Å²) in [5.41, 5.74) is 5.93. The summed E-state index contributed by atoms with van der Waals surface area (Å²) in [5, 5.41) is 2.50. The van der Waals surface area contributed by atoms with E-state index in [1.54, 1.807) is 24.3 Å². The van der Waals surface area contributed by atoms with Crippen molar-refractivity contribution in [1.82, 2.24) is 9.97 Å². The molecule has 0 radical (unpaired) electrons. The van der Waals surface area contributed by atoms with Crippen LogP contribution in [0.3, 0.4) is 0 Å². The van der Waals surface area contributed by atoms with Gasteiger partial charge >= 0.3 is 7.60 Å². The number of amides is 1. The molecule has 0 saturated carbocycles. The zero-order valence-corrected chi connectivity index (χ0v) is 19.8. The van der Waals surface area contributed by atoms with E-state index in [2.05, 4.69) is 15.3 Å². The van der Waals surface area contributed by atoms with Gasteiger partial charge in [-0.25, -0.2) is 26.8 Å². The highest BCUT2D eigenvalue weighted by atomic mass is 32.2. The van der Waals surface area contributed by atoms with Gasteiger partial charge in [0.1, 0.15) is 10.7 Å². The Bertz CT molecular complexity index is 1440. The van der Waals surface area contributed by atoms with Crippen molar-refractivity contribution in [3.05, 3.63) is 66.0 Å². The van der Waals surface area contributed by atoms with E-state index < -0.39 is 39.5 Å². The van der Waals surface area contributed by atoms with Crippen LogP contribution in [0.4, 0.5) is 11.5 Å². The van der Waals surface area contributed by atoms with Gasteiger partial charge in [0.15, 0.2) is 26.8 Å². The van der Waals surface area contributed by atoms with Crippen molar-refractivity contribution in [3.8, 4) is 11.3 Å². The number of nitrogen functional groups attached to an aromatic ring is 1. The first kappa shape index (κ1) is 25.5. The van der Waals surface area contributed by atoms with E-state index in [1.807, 2.05) is 0 Å². The number of carbonyl (C=O) groups is 1. The Morgan fingerprint density at radius 1 is 1.06 bits per heavy atom. The van der Waals surface area contributed by atoms with Gasteiger partial charge in [-0.3, -0.25) is 9.36 Å². The number of thiol groups is 1. The Morgan fingerprint density at radius 2 is 1.68 bits per heavy atom. The van der Waals surface area contributed by atoms with E-state index in [1.165, 1.54) is 18.3 Å². The third-order valence-electron chi connectivity index (χ3n) is 4.39. The van der Waals surface area contributed by atoms with Crippen LogP contribution in [0, 0.1) is 0 Å². The van der Waals surface area contributed by atoms with Crippen molar-refractivity contribution < 1.29 is 36.0 Å². The number of nitrogens with zero attached hydrogens (tertiary/aromatic N) is 2. The molecule has 3 aromatic rings. The minimum absolute atomic E-state index is 0.101. The van der Waals surface area contributed by atoms with Crippen LogP contribution < -0.4 is 11.1 Å². The lowest BCUT2D eigenvalue weighted by atomic mass is 10.1. The Kier molecular flexibility index (Phi) is 7.48. The molecule has 0 aliphatic carbocycles. The average Bonchev–Trinajstić information content (AvgIpc) is 2.73. The zero-order valence-electron chi connectivity index (χ0n) is 17.2. The van der Waals surface area contributed by atoms with Crippen LogP contribution in [-0.2, 0) is 30.9 Å². The first-order valence-corrected chi connectivity index (χ1v) is 14.2. The second kappa shape index (κ2) is 9.99. The lowest BCUT2D eigenvalue weighted by Crippen LogP contribution is -2.17. The predicted molar refractivity (Wildman–Crippen MR) is 124 cm³/mol. The number of carbonyl (C=O) groups excluding carboxylic acids is 1. The van der Waals surface area contributed by atoms with Crippen molar-refractivity contribution >= 4 is 45.5 Å². The van der Waals surface area contributed by atoms with Crippen molar-refractivity contribution in [1.29, 1.82) is 0 Å². The zero-order chi connectivity index (χ0) is 25.1. The molecule has 1 aromatic heterocycles. The number of hydrogen-bond acceptors (Lipinski definition) is 9. The Labute approximate surface area is 195 Å². The summed E-state index contributed by atoms with van der Waals surface area (Å²) < 4.78 is 56.8. The molecule has 0 atom stereocenters. The minimum Gasteiger partial charge on any atom is -0.382 e. The van der Waals surface area contributed by atoms with Gasteiger partial charge in [-0.05, 0) is 29.8 Å². The molecule has 0 aliphatic rings. The maximum Gasteiger partial charge on any atom is 0.340 e. The van der Waals surface area contributed by atoms with Crippen LogP contribution >= 0.6 is 7.60 Å². The SMILES string of the molecule is Nc1ncc(-c2ccc(C[SH](=O)=O)cc2)nc1C(=O)Nc1ccc(S(=O)(=O)CP(=O)(O)O)cc1. The number of sulfone groups is 1. The number of benzene rings is 2. The lowest BCUT2D eigenvalue weighted by molar-refractivity contribution is 0.102. The summed E-state index contributed by atoms with van der Waals surface area (Å²) in [7, 11) is -11.6. The molecule has 5 N–H and O–H groups in total. The summed E-state index contributed by atoms with van der Waals surface area (Å²) in [6.07, 6.45) is 1.36. The normalized spacial score (nSPS) is 12.0. The molecule has 1 amide bonds. The monoisotopic (exact) mass is 526 g/mol. The van der Waals surface area contributed by atoms with Gasteiger partial charge in [-0.1, -0.05) is 24.3 Å². The van der Waals surface area contributed by atoms with Crippen molar-refractivity contribution in [2.24, 2.45) is 0 Å². The van der Waals surface area contributed by atoms with Gasteiger partial charge in [0, 0.05) is 11.3 Å². The maximum atomic E-state index is 12.7. The highest BCUT2D eigenvalue weighted by Crippen LogP contribution is 2.38. The van der Waals surface area contributed by atoms with Gasteiger partial charge in [0.25, 0.3) is 5.91 Å². The van der Waals surface area contributed by atoms with Gasteiger partial charge in [-0.15, -0.1) is 0 Å². The van der Waals surface area contributed by atoms with E-state index in [-0.39, 0.29) is 27.8 Å². The van der Waals surface area contributed by atoms with Gasteiger partial charge < -0.3 is 20.8 Å². The number of anilines is 2. The van der Waals surface area contributed by atoms with Crippen molar-refractivity contribution in [2.75, 3.05) is 16.5 Å². The van der Waals surface area contributed by atoms with E-state index >= 15 is 0 Å². The van der Waals surface area contributed by atoms with Crippen LogP contribution in [-0.4, -0.2) is 48.0 Å². The largest absolute Gasteiger partial charge is 0.382 e. The third kappa shape index (κ3) is 6.68. The topological polar surface area (TPSA) is 207 Å². The molecule has 2 aromatic carbocycles. The predicted octanol–water partition coefficient (Wildman–Crippen LogP) is 0.998. The fourth-order valence-corrected chi connectivity index (χ4v) is 6.29. The smallest absolute Gasteiger partial charge is 0.340 e. The molecule has 34 heavy (non-hydrogen) atoms. The van der Waals surface area contributed by atoms with Gasteiger partial charge in [0.05, 0.1) is 22.5 Å². The molecule has 15 heteroatoms. The molecule has 3 rings (SSSR count). The van der Waals surface area contributed by atoms with E-state index in [0.717, 1.165) is 12.1 Å². The number of aromatic nitrogens is 2. The van der Waals surface area contributed by atoms with Crippen LogP contribution in [0.1, 0.15) is 16.1 Å². The summed E-state index contributed by atoms with van der Waals surface area (Å²) in [6.45, 7) is 0. The first-order valence-electron chi connectivity index (χ1n) is 9.36. The molecule has 1 heterocycles. The standard InChI is InChI=1S/C19H19N4O8PS2/c20-18-17(23-16(9-21-18)13-3-1-12(2-4-13)10-33(28)29)19(24)22-14-5-7-15(8-6-14)34(30,31)11-32(25,26)27/h1-9,33H,10-11H2,(H2,20,21)(H,22,24)(H2,25,26,27). The van der Waals surface area contributed by atoms with E-state index in [9.17, 15) is 26.2 Å². The van der Waals surface area contributed by atoms with Gasteiger partial charge in [-0.2, -0.15) is 0 Å². The quantitative estimate of drug-likeness (QED) is 0.207. The molecule has 180 valence electrons. The fourth-order valence-electron chi connectivity index (χ4n) is 2.87. The number of rotatable bonds is 8. The van der Waals surface area contributed by atoms with Gasteiger partial charge in [0.2, 0.25) is 0 Å². The van der Waals surface area contributed by atoms with Crippen LogP contribution in [0.5, 0.6) is 0 Å². The second-order valence-electron chi connectivity index (χ2n) is 7.06. The molecule has 12 nitrogen and oxygen atoms in total. The Balaban J connectivity index is 1.79. The number of nitrogens with one attached hydrogen (secondary N) is 1. The molecule has 0 saturated heterocycles. The van der Waals surface area contributed by atoms with Crippen LogP contribution in [0.25, 0.3) is 11.3 Å². The van der Waals surface area contributed by atoms with E-state index in [0.29, 0.717) is 16.8 Å². The summed E-state index contributed by atoms with van der Waals surface area (Å²) in [5.74, 6) is -0.976. The number of hydrogen-bond donors (Lipinski definition) is 5. The van der Waals surface area contributed by atoms with Crippen molar-refractivity contribution in [2.45, 2.75) is 10.6 Å². The van der Waals surface area contributed by atoms with E-state index in [4.69, 9.17) is 15.5 Å². The summed E-state index contributed by atoms with van der Waals surface area (Å²) in [6, 6.07) is 11.2. The number of nitrogens with two attached hydrogens (primary N) is 1. The summed E-state index contributed by atoms with van der Waals surface area (Å²) in [4.78, 5) is 38.4. The maximum absolute atomic E-state index is 12.7. The molecule has 0 aliphatic heterocycles. The first-order chi connectivity index (χ1) is 15.8. The molecular weight excluding hydrogens is 507 g/mol. The Morgan fingerprint density at radius 3 is 2.24 bits per heavy atom. The molecule has 0 spiro atoms. The highest BCUT2D eigenvalue weighted by molar-refractivity contribution is 7.97. The average molecular weight is 526 g/mol. The molecular formula is C19H19N4O8PS2. The Hall–Kier alpha value is -3.16. The molecule has 0 fully saturated rings. The molecule has 0 bridgehead atoms. The highest BCUT2D eigenvalue weighted by Gasteiger charge is 2.26.